The monoisotopic (exact) mass is 443 g/mol. The minimum Gasteiger partial charge on any atom is -0.465 e. The van der Waals surface area contributed by atoms with E-state index in [0.29, 0.717) is 6.61 Å². The summed E-state index contributed by atoms with van der Waals surface area (Å²) < 4.78 is 75.8. The average Bonchev–Trinajstić information content (AvgIpc) is 3.27. The summed E-state index contributed by atoms with van der Waals surface area (Å²) in [5.74, 6) is -0.307. The molecule has 28 heavy (non-hydrogen) atoms. The van der Waals surface area contributed by atoms with Gasteiger partial charge in [0, 0.05) is 20.0 Å². The molecule has 1 aromatic rings. The van der Waals surface area contributed by atoms with E-state index < -0.39 is 27.0 Å². The first-order chi connectivity index (χ1) is 12.9. The van der Waals surface area contributed by atoms with Gasteiger partial charge in [-0.3, -0.25) is 4.79 Å². The number of carbonyl (C=O) groups excluding carboxylic acids is 1. The number of sulfonamides is 1. The lowest BCUT2D eigenvalue weighted by Gasteiger charge is -2.14. The zero-order chi connectivity index (χ0) is 21.1. The fraction of sp³-hybridized carbons (Fsp3) is 0.706. The topological polar surface area (TPSA) is 76.2 Å². The quantitative estimate of drug-likeness (QED) is 0.410. The molecule has 2 rings (SSSR count). The number of hydrogen-bond donors (Lipinski definition) is 0. The van der Waals surface area contributed by atoms with Crippen molar-refractivity contribution in [3.63, 3.8) is 0 Å². The van der Waals surface area contributed by atoms with E-state index in [1.807, 2.05) is 13.8 Å². The fourth-order valence-electron chi connectivity index (χ4n) is 2.42. The van der Waals surface area contributed by atoms with Crippen LogP contribution in [0.4, 0.5) is 13.2 Å². The van der Waals surface area contributed by atoms with Crippen LogP contribution >= 0.6 is 11.3 Å². The molecule has 0 aliphatic carbocycles. The van der Waals surface area contributed by atoms with Crippen molar-refractivity contribution in [1.29, 1.82) is 0 Å². The van der Waals surface area contributed by atoms with Gasteiger partial charge < -0.3 is 9.47 Å². The van der Waals surface area contributed by atoms with Crippen LogP contribution in [0, 0.1) is 5.92 Å². The summed E-state index contributed by atoms with van der Waals surface area (Å²) in [6.07, 6.45) is -4.82. The summed E-state index contributed by atoms with van der Waals surface area (Å²) in [6.45, 7) is 4.55. The largest absolute Gasteiger partial charge is 0.465 e. The number of alkyl halides is 3. The molecule has 6 nitrogen and oxygen atoms in total. The average molecular weight is 444 g/mol. The number of aryl methyl sites for hydroxylation is 1. The zero-order valence-electron chi connectivity index (χ0n) is 15.9. The SMILES string of the molecule is CC(C)COC(=O)CCCc1cc(S(=O)(=O)N(C)CC2CO2)sc1C(F)(F)F. The Bertz CT molecular complexity index is 785. The third-order valence-corrected chi connectivity index (χ3v) is 7.47. The van der Waals surface area contributed by atoms with E-state index in [4.69, 9.17) is 9.47 Å². The second-order valence-corrected chi connectivity index (χ2v) is 10.4. The standard InChI is InChI=1S/C17H24F3NO5S2/c1-11(2)9-26-14(22)6-4-5-12-7-15(27-16(12)17(18,19)20)28(23,24)21(3)8-13-10-25-13/h7,11,13H,4-6,8-10H2,1-3H3. The van der Waals surface area contributed by atoms with Gasteiger partial charge in [0.1, 0.15) is 9.09 Å². The van der Waals surface area contributed by atoms with Crippen LogP contribution < -0.4 is 0 Å². The van der Waals surface area contributed by atoms with E-state index in [9.17, 15) is 26.4 Å². The molecule has 1 fully saturated rings. The molecule has 11 heteroatoms. The van der Waals surface area contributed by atoms with Crippen molar-refractivity contribution in [3.05, 3.63) is 16.5 Å². The number of epoxide rings is 1. The highest BCUT2D eigenvalue weighted by molar-refractivity contribution is 7.91. The lowest BCUT2D eigenvalue weighted by atomic mass is 10.1. The minimum absolute atomic E-state index is 0.0269. The number of hydrogen-bond acceptors (Lipinski definition) is 6. The van der Waals surface area contributed by atoms with E-state index in [0.717, 1.165) is 10.4 Å². The molecule has 1 aliphatic heterocycles. The van der Waals surface area contributed by atoms with Gasteiger partial charge in [-0.25, -0.2) is 8.42 Å². The van der Waals surface area contributed by atoms with Gasteiger partial charge in [0.2, 0.25) is 0 Å². The van der Waals surface area contributed by atoms with Crippen molar-refractivity contribution in [3.8, 4) is 0 Å². The maximum absolute atomic E-state index is 13.4. The van der Waals surface area contributed by atoms with E-state index >= 15 is 0 Å². The number of carbonyl (C=O) groups is 1. The Labute approximate surface area is 166 Å². The highest BCUT2D eigenvalue weighted by Gasteiger charge is 2.39. The first-order valence-electron chi connectivity index (χ1n) is 8.84. The van der Waals surface area contributed by atoms with Gasteiger partial charge in [0.25, 0.3) is 10.0 Å². The number of ether oxygens (including phenoxy) is 2. The van der Waals surface area contributed by atoms with Gasteiger partial charge in [0.05, 0.1) is 19.3 Å². The Morgan fingerprint density at radius 1 is 1.43 bits per heavy atom. The van der Waals surface area contributed by atoms with E-state index in [1.165, 1.54) is 7.05 Å². The van der Waals surface area contributed by atoms with Gasteiger partial charge in [-0.15, -0.1) is 11.3 Å². The molecular weight excluding hydrogens is 419 g/mol. The summed E-state index contributed by atoms with van der Waals surface area (Å²) in [7, 11) is -2.72. The second kappa shape index (κ2) is 9.10. The zero-order valence-corrected chi connectivity index (χ0v) is 17.5. The van der Waals surface area contributed by atoms with E-state index in [1.54, 1.807) is 0 Å². The van der Waals surface area contributed by atoms with Gasteiger partial charge in [-0.2, -0.15) is 17.5 Å². The van der Waals surface area contributed by atoms with E-state index in [2.05, 4.69) is 0 Å². The van der Waals surface area contributed by atoms with Crippen LogP contribution in [0.15, 0.2) is 10.3 Å². The van der Waals surface area contributed by atoms with Gasteiger partial charge in [0.15, 0.2) is 0 Å². The van der Waals surface area contributed by atoms with Crippen molar-refractivity contribution in [1.82, 2.24) is 4.31 Å². The first-order valence-corrected chi connectivity index (χ1v) is 11.1. The van der Waals surface area contributed by atoms with Crippen molar-refractivity contribution >= 4 is 27.3 Å². The molecule has 160 valence electrons. The lowest BCUT2D eigenvalue weighted by Crippen LogP contribution is -2.30. The molecule has 1 atom stereocenters. The Hall–Kier alpha value is -1.17. The van der Waals surface area contributed by atoms with Gasteiger partial charge in [-0.05, 0) is 30.4 Å². The summed E-state index contributed by atoms with van der Waals surface area (Å²) in [6, 6.07) is 1.06. The highest BCUT2D eigenvalue weighted by atomic mass is 32.2. The number of likely N-dealkylation sites (N-methyl/N-ethyl adjacent to an activating group) is 1. The summed E-state index contributed by atoms with van der Waals surface area (Å²) in [5.41, 5.74) is -0.121. The molecule has 1 aliphatic rings. The second-order valence-electron chi connectivity index (χ2n) is 7.09. The molecule has 0 N–H and O–H groups in total. The van der Waals surface area contributed by atoms with E-state index in [-0.39, 0.29) is 65.5 Å². The molecule has 0 saturated carbocycles. The van der Waals surface area contributed by atoms with Crippen LogP contribution in [0.5, 0.6) is 0 Å². The number of rotatable bonds is 10. The first kappa shape index (κ1) is 23.1. The molecule has 1 saturated heterocycles. The fourth-order valence-corrected chi connectivity index (χ4v) is 5.25. The van der Waals surface area contributed by atoms with Crippen LogP contribution in [0.1, 0.15) is 37.1 Å². The van der Waals surface area contributed by atoms with Crippen LogP contribution in [0.25, 0.3) is 0 Å². The molecule has 2 heterocycles. The Morgan fingerprint density at radius 3 is 2.61 bits per heavy atom. The third kappa shape index (κ3) is 6.43. The normalized spacial score (nSPS) is 17.4. The molecular formula is C17H24F3NO5S2. The van der Waals surface area contributed by atoms with Crippen LogP contribution in [-0.2, 0) is 36.9 Å². The minimum atomic E-state index is -4.66. The molecule has 0 spiro atoms. The van der Waals surface area contributed by atoms with Crippen LogP contribution in [0.2, 0.25) is 0 Å². The van der Waals surface area contributed by atoms with Gasteiger partial charge in [-0.1, -0.05) is 13.8 Å². The van der Waals surface area contributed by atoms with Gasteiger partial charge >= 0.3 is 12.1 Å². The molecule has 1 aromatic heterocycles. The lowest BCUT2D eigenvalue weighted by molar-refractivity contribution is -0.144. The Kier molecular flexibility index (Phi) is 7.51. The highest BCUT2D eigenvalue weighted by Crippen LogP contribution is 2.41. The van der Waals surface area contributed by atoms with Crippen LogP contribution in [-0.4, -0.2) is 51.6 Å². The van der Waals surface area contributed by atoms with Crippen molar-refractivity contribution in [2.24, 2.45) is 5.92 Å². The summed E-state index contributed by atoms with van der Waals surface area (Å²) in [5, 5.41) is 0. The predicted molar refractivity (Wildman–Crippen MR) is 97.6 cm³/mol. The Morgan fingerprint density at radius 2 is 2.07 bits per heavy atom. The molecule has 0 aromatic carbocycles. The van der Waals surface area contributed by atoms with Crippen molar-refractivity contribution in [2.75, 3.05) is 26.8 Å². The van der Waals surface area contributed by atoms with Crippen molar-refractivity contribution < 1.29 is 35.9 Å². The van der Waals surface area contributed by atoms with Crippen molar-refractivity contribution in [2.45, 2.75) is 49.6 Å². The smallest absolute Gasteiger partial charge is 0.425 e. The number of esters is 1. The maximum atomic E-state index is 13.4. The third-order valence-electron chi connectivity index (χ3n) is 3.98. The summed E-state index contributed by atoms with van der Waals surface area (Å²) in [4.78, 5) is 10.7. The molecule has 0 amide bonds. The predicted octanol–water partition coefficient (Wildman–Crippen LogP) is 3.31. The maximum Gasteiger partial charge on any atom is 0.425 e. The Balaban J connectivity index is 2.09. The molecule has 0 radical (unpaired) electrons. The number of nitrogens with zero attached hydrogens (tertiary/aromatic N) is 1. The molecule has 1 unspecified atom stereocenters. The van der Waals surface area contributed by atoms with Crippen LogP contribution in [0.3, 0.4) is 0 Å². The number of thiophene rings is 1. The number of halogens is 3. The molecule has 0 bridgehead atoms. The summed E-state index contributed by atoms with van der Waals surface area (Å²) >= 11 is 0.211.